The second-order valence-corrected chi connectivity index (χ2v) is 3.75. The van der Waals surface area contributed by atoms with Gasteiger partial charge in [0, 0.05) is 12.1 Å². The van der Waals surface area contributed by atoms with Gasteiger partial charge in [-0.3, -0.25) is 4.99 Å². The fraction of sp³-hybridized carbons (Fsp3) is 0.875. The second kappa shape index (κ2) is 2.26. The predicted molar refractivity (Wildman–Crippen MR) is 44.4 cm³/mol. The Bertz CT molecular complexity index is 153. The number of aliphatic imine (C=N–C) groups is 1. The van der Waals surface area contributed by atoms with Crippen molar-refractivity contribution >= 4 is 5.84 Å². The molecule has 10 heavy (non-hydrogen) atoms. The average Bonchev–Trinajstić information content (AvgIpc) is 2.11. The summed E-state index contributed by atoms with van der Waals surface area (Å²) in [7, 11) is 0. The van der Waals surface area contributed by atoms with Gasteiger partial charge in [0.1, 0.15) is 0 Å². The number of rotatable bonds is 0. The van der Waals surface area contributed by atoms with Crippen LogP contribution in [0.2, 0.25) is 0 Å². The molecule has 0 aliphatic carbocycles. The van der Waals surface area contributed by atoms with Crippen LogP contribution in [0.5, 0.6) is 0 Å². The highest BCUT2D eigenvalue weighted by Crippen LogP contribution is 2.16. The molecule has 58 valence electrons. The van der Waals surface area contributed by atoms with Crippen LogP contribution in [0.15, 0.2) is 4.99 Å². The van der Waals surface area contributed by atoms with Gasteiger partial charge >= 0.3 is 0 Å². The van der Waals surface area contributed by atoms with Crippen LogP contribution in [-0.2, 0) is 0 Å². The smallest absolute Gasteiger partial charge is 0.0963 e. The maximum Gasteiger partial charge on any atom is 0.0963 e. The van der Waals surface area contributed by atoms with E-state index in [1.165, 1.54) is 5.84 Å². The minimum absolute atomic E-state index is 0.254. The van der Waals surface area contributed by atoms with Gasteiger partial charge in [-0.05, 0) is 27.7 Å². The van der Waals surface area contributed by atoms with Gasteiger partial charge in [-0.1, -0.05) is 0 Å². The van der Waals surface area contributed by atoms with E-state index in [1.54, 1.807) is 0 Å². The van der Waals surface area contributed by atoms with Gasteiger partial charge in [0.2, 0.25) is 0 Å². The van der Waals surface area contributed by atoms with E-state index in [2.05, 4.69) is 37.6 Å². The van der Waals surface area contributed by atoms with Crippen molar-refractivity contribution in [3.63, 3.8) is 0 Å². The van der Waals surface area contributed by atoms with Crippen LogP contribution in [0.3, 0.4) is 0 Å². The van der Waals surface area contributed by atoms with E-state index in [0.717, 1.165) is 13.1 Å². The molecule has 1 heterocycles. The monoisotopic (exact) mass is 140 g/mol. The maximum absolute atomic E-state index is 4.33. The summed E-state index contributed by atoms with van der Waals surface area (Å²) < 4.78 is 0. The van der Waals surface area contributed by atoms with Gasteiger partial charge in [0.25, 0.3) is 0 Å². The Morgan fingerprint density at radius 3 is 2.20 bits per heavy atom. The molecule has 0 saturated carbocycles. The van der Waals surface area contributed by atoms with E-state index >= 15 is 0 Å². The Morgan fingerprint density at radius 2 is 2.00 bits per heavy atom. The Labute approximate surface area is 62.9 Å². The highest BCUT2D eigenvalue weighted by Gasteiger charge is 2.24. The van der Waals surface area contributed by atoms with Crippen molar-refractivity contribution < 1.29 is 0 Å². The molecule has 0 saturated heterocycles. The topological polar surface area (TPSA) is 15.6 Å². The van der Waals surface area contributed by atoms with Crippen LogP contribution >= 0.6 is 0 Å². The van der Waals surface area contributed by atoms with E-state index in [9.17, 15) is 0 Å². The van der Waals surface area contributed by atoms with Gasteiger partial charge in [0.15, 0.2) is 0 Å². The molecule has 0 unspecified atom stereocenters. The number of hydrogen-bond donors (Lipinski definition) is 0. The van der Waals surface area contributed by atoms with Crippen molar-refractivity contribution in [2.45, 2.75) is 33.2 Å². The van der Waals surface area contributed by atoms with Crippen molar-refractivity contribution in [1.29, 1.82) is 0 Å². The summed E-state index contributed by atoms with van der Waals surface area (Å²) in [6.45, 7) is 10.8. The fourth-order valence-corrected chi connectivity index (χ4v) is 1.38. The largest absolute Gasteiger partial charge is 0.354 e. The first-order valence-corrected chi connectivity index (χ1v) is 3.80. The molecule has 0 atom stereocenters. The molecule has 2 heteroatoms. The predicted octanol–water partition coefficient (Wildman–Crippen LogP) is 1.52. The number of amidine groups is 1. The van der Waals surface area contributed by atoms with Crippen molar-refractivity contribution in [2.24, 2.45) is 4.99 Å². The zero-order valence-electron chi connectivity index (χ0n) is 7.31. The zero-order chi connectivity index (χ0) is 7.78. The molecule has 1 aliphatic heterocycles. The maximum atomic E-state index is 4.33. The Kier molecular flexibility index (Phi) is 1.71. The standard InChI is InChI=1S/C8H16N2/c1-7-9-5-6-10(7)8(2,3)4/h5-6H2,1-4H3. The van der Waals surface area contributed by atoms with Crippen LogP contribution in [0.1, 0.15) is 27.7 Å². The average molecular weight is 140 g/mol. The molecular formula is C8H16N2. The summed E-state index contributed by atoms with van der Waals surface area (Å²) >= 11 is 0. The van der Waals surface area contributed by atoms with E-state index in [0.29, 0.717) is 0 Å². The highest BCUT2D eigenvalue weighted by atomic mass is 15.3. The first-order chi connectivity index (χ1) is 4.52. The lowest BCUT2D eigenvalue weighted by Crippen LogP contribution is -2.42. The molecular weight excluding hydrogens is 124 g/mol. The molecule has 0 radical (unpaired) electrons. The lowest BCUT2D eigenvalue weighted by Gasteiger charge is -2.33. The van der Waals surface area contributed by atoms with Crippen LogP contribution in [-0.4, -0.2) is 29.4 Å². The van der Waals surface area contributed by atoms with Crippen molar-refractivity contribution in [1.82, 2.24) is 4.90 Å². The second-order valence-electron chi connectivity index (χ2n) is 3.75. The van der Waals surface area contributed by atoms with Crippen LogP contribution in [0, 0.1) is 0 Å². The summed E-state index contributed by atoms with van der Waals surface area (Å²) in [5.41, 5.74) is 0.254. The van der Waals surface area contributed by atoms with Gasteiger partial charge in [-0.2, -0.15) is 0 Å². The van der Waals surface area contributed by atoms with Crippen LogP contribution in [0.25, 0.3) is 0 Å². The van der Waals surface area contributed by atoms with E-state index < -0.39 is 0 Å². The van der Waals surface area contributed by atoms with Crippen molar-refractivity contribution in [3.8, 4) is 0 Å². The number of nitrogens with zero attached hydrogens (tertiary/aromatic N) is 2. The third-order valence-corrected chi connectivity index (χ3v) is 1.86. The lowest BCUT2D eigenvalue weighted by atomic mass is 10.1. The normalized spacial score (nSPS) is 19.6. The summed E-state index contributed by atoms with van der Waals surface area (Å²) in [6.07, 6.45) is 0. The minimum atomic E-state index is 0.254. The van der Waals surface area contributed by atoms with E-state index in [-0.39, 0.29) is 5.54 Å². The molecule has 0 aromatic rings. The third kappa shape index (κ3) is 1.31. The summed E-state index contributed by atoms with van der Waals surface area (Å²) in [5.74, 6) is 1.19. The van der Waals surface area contributed by atoms with Gasteiger partial charge in [-0.15, -0.1) is 0 Å². The Morgan fingerprint density at radius 1 is 1.40 bits per heavy atom. The zero-order valence-corrected chi connectivity index (χ0v) is 7.31. The molecule has 1 rings (SSSR count). The molecule has 2 nitrogen and oxygen atoms in total. The van der Waals surface area contributed by atoms with Gasteiger partial charge < -0.3 is 4.90 Å². The van der Waals surface area contributed by atoms with E-state index in [1.807, 2.05) is 0 Å². The lowest BCUT2D eigenvalue weighted by molar-refractivity contribution is 0.256. The quantitative estimate of drug-likeness (QED) is 0.498. The molecule has 1 aliphatic rings. The van der Waals surface area contributed by atoms with Crippen molar-refractivity contribution in [3.05, 3.63) is 0 Å². The Balaban J connectivity index is 2.67. The number of hydrogen-bond acceptors (Lipinski definition) is 2. The SMILES string of the molecule is CC1=NCCN1C(C)(C)C. The van der Waals surface area contributed by atoms with Crippen LogP contribution in [0.4, 0.5) is 0 Å². The molecule has 0 spiro atoms. The first-order valence-electron chi connectivity index (χ1n) is 3.80. The highest BCUT2D eigenvalue weighted by molar-refractivity contribution is 5.81. The molecule has 0 fully saturated rings. The van der Waals surface area contributed by atoms with Crippen molar-refractivity contribution in [2.75, 3.05) is 13.1 Å². The van der Waals surface area contributed by atoms with Gasteiger partial charge in [0.05, 0.1) is 12.4 Å². The molecule has 0 amide bonds. The van der Waals surface area contributed by atoms with Crippen LogP contribution < -0.4 is 0 Å². The third-order valence-electron chi connectivity index (χ3n) is 1.86. The van der Waals surface area contributed by atoms with E-state index in [4.69, 9.17) is 0 Å². The first kappa shape index (κ1) is 7.58. The summed E-state index contributed by atoms with van der Waals surface area (Å²) in [5, 5.41) is 0. The summed E-state index contributed by atoms with van der Waals surface area (Å²) in [6, 6.07) is 0. The molecule has 0 N–H and O–H groups in total. The fourth-order valence-electron chi connectivity index (χ4n) is 1.38. The molecule has 0 aromatic carbocycles. The summed E-state index contributed by atoms with van der Waals surface area (Å²) in [4.78, 5) is 6.67. The molecule has 0 bridgehead atoms. The minimum Gasteiger partial charge on any atom is -0.354 e. The van der Waals surface area contributed by atoms with Gasteiger partial charge in [-0.25, -0.2) is 0 Å². The molecule has 0 aromatic heterocycles. The Hall–Kier alpha value is -0.530.